The highest BCUT2D eigenvalue weighted by molar-refractivity contribution is 6.34. The normalized spacial score (nSPS) is 19.4. The van der Waals surface area contributed by atoms with Gasteiger partial charge in [-0.1, -0.05) is 18.5 Å². The number of carbonyl (C=O) groups is 1. The Morgan fingerprint density at radius 2 is 2.33 bits per heavy atom. The average Bonchev–Trinajstić information content (AvgIpc) is 2.45. The van der Waals surface area contributed by atoms with Crippen LogP contribution in [0.5, 0.6) is 0 Å². The summed E-state index contributed by atoms with van der Waals surface area (Å²) < 4.78 is 5.71. The smallest absolute Gasteiger partial charge is 0.250 e. The van der Waals surface area contributed by atoms with Gasteiger partial charge in [0.05, 0.1) is 29.0 Å². The number of primary amides is 1. The van der Waals surface area contributed by atoms with Crippen LogP contribution in [0.25, 0.3) is 0 Å². The van der Waals surface area contributed by atoms with E-state index in [4.69, 9.17) is 27.8 Å². The second-order valence-electron chi connectivity index (χ2n) is 5.06. The zero-order chi connectivity index (χ0) is 15.4. The van der Waals surface area contributed by atoms with Crippen molar-refractivity contribution in [2.24, 2.45) is 5.73 Å². The Labute approximate surface area is 129 Å². The Morgan fingerprint density at radius 3 is 3.00 bits per heavy atom. The standard InChI is InChI=1S/C14H21ClN4O2/c1-2-19-3-4-21-10(8-19)7-18-13-11(14(17)20)5-9(16)6-12(13)15/h5-6,10,18H,2-4,7-8,16H2,1H3,(H2,17,20). The van der Waals surface area contributed by atoms with Gasteiger partial charge < -0.3 is 21.5 Å². The first-order chi connectivity index (χ1) is 10.0. The first-order valence-corrected chi connectivity index (χ1v) is 7.35. The van der Waals surface area contributed by atoms with Crippen molar-refractivity contribution in [2.45, 2.75) is 13.0 Å². The highest BCUT2D eigenvalue weighted by Gasteiger charge is 2.20. The lowest BCUT2D eigenvalue weighted by atomic mass is 10.1. The zero-order valence-corrected chi connectivity index (χ0v) is 12.8. The molecule has 116 valence electrons. The van der Waals surface area contributed by atoms with Gasteiger partial charge in [-0.25, -0.2) is 0 Å². The summed E-state index contributed by atoms with van der Waals surface area (Å²) >= 11 is 6.15. The van der Waals surface area contributed by atoms with Crippen LogP contribution in [0.2, 0.25) is 5.02 Å². The largest absolute Gasteiger partial charge is 0.399 e. The molecule has 6 nitrogen and oxygen atoms in total. The van der Waals surface area contributed by atoms with Crippen LogP contribution in [0, 0.1) is 0 Å². The molecule has 1 aliphatic rings. The van der Waals surface area contributed by atoms with E-state index in [-0.39, 0.29) is 6.10 Å². The van der Waals surface area contributed by atoms with E-state index in [2.05, 4.69) is 17.1 Å². The van der Waals surface area contributed by atoms with Crippen molar-refractivity contribution in [3.8, 4) is 0 Å². The molecule has 1 saturated heterocycles. The third-order valence-electron chi connectivity index (χ3n) is 3.55. The number of ether oxygens (including phenoxy) is 1. The Hall–Kier alpha value is -1.50. The Bertz CT molecular complexity index is 524. The fourth-order valence-electron chi connectivity index (χ4n) is 2.41. The molecule has 1 aromatic carbocycles. The van der Waals surface area contributed by atoms with Crippen molar-refractivity contribution in [1.82, 2.24) is 4.90 Å². The van der Waals surface area contributed by atoms with Crippen molar-refractivity contribution in [3.63, 3.8) is 0 Å². The van der Waals surface area contributed by atoms with E-state index in [0.717, 1.165) is 19.6 Å². The van der Waals surface area contributed by atoms with Gasteiger partial charge in [-0.05, 0) is 18.7 Å². The average molecular weight is 313 g/mol. The van der Waals surface area contributed by atoms with Crippen molar-refractivity contribution < 1.29 is 9.53 Å². The number of likely N-dealkylation sites (N-methyl/N-ethyl adjacent to an activating group) is 1. The number of nitrogen functional groups attached to an aromatic ring is 1. The van der Waals surface area contributed by atoms with Crippen LogP contribution < -0.4 is 16.8 Å². The van der Waals surface area contributed by atoms with E-state index in [1.165, 1.54) is 6.07 Å². The molecule has 5 N–H and O–H groups in total. The minimum atomic E-state index is -0.563. The Morgan fingerprint density at radius 1 is 1.57 bits per heavy atom. The van der Waals surface area contributed by atoms with Crippen LogP contribution in [-0.2, 0) is 4.74 Å². The van der Waals surface area contributed by atoms with Gasteiger partial charge >= 0.3 is 0 Å². The van der Waals surface area contributed by atoms with Crippen LogP contribution in [0.3, 0.4) is 0 Å². The van der Waals surface area contributed by atoms with Crippen LogP contribution in [0.4, 0.5) is 11.4 Å². The lowest BCUT2D eigenvalue weighted by molar-refractivity contribution is -0.0191. The number of hydrogen-bond donors (Lipinski definition) is 3. The second-order valence-corrected chi connectivity index (χ2v) is 5.46. The Kier molecular flexibility index (Phi) is 5.27. The monoisotopic (exact) mass is 312 g/mol. The van der Waals surface area contributed by atoms with Gasteiger partial charge in [-0.3, -0.25) is 9.69 Å². The number of morpholine rings is 1. The first kappa shape index (κ1) is 15.9. The third-order valence-corrected chi connectivity index (χ3v) is 3.85. The maximum atomic E-state index is 11.5. The number of rotatable bonds is 5. The van der Waals surface area contributed by atoms with E-state index in [0.29, 0.717) is 35.1 Å². The molecular weight excluding hydrogens is 292 g/mol. The maximum Gasteiger partial charge on any atom is 0.250 e. The predicted molar refractivity (Wildman–Crippen MR) is 84.7 cm³/mol. The topological polar surface area (TPSA) is 93.6 Å². The molecular formula is C14H21ClN4O2. The molecule has 0 spiro atoms. The number of benzene rings is 1. The molecule has 1 fully saturated rings. The van der Waals surface area contributed by atoms with Crippen LogP contribution in [-0.4, -0.2) is 49.7 Å². The highest BCUT2D eigenvalue weighted by atomic mass is 35.5. The Balaban J connectivity index is 2.07. The number of nitrogens with zero attached hydrogens (tertiary/aromatic N) is 1. The van der Waals surface area contributed by atoms with Crippen molar-refractivity contribution in [3.05, 3.63) is 22.7 Å². The van der Waals surface area contributed by atoms with Crippen LogP contribution >= 0.6 is 11.6 Å². The van der Waals surface area contributed by atoms with Gasteiger partial charge in [0, 0.05) is 25.3 Å². The molecule has 0 aromatic heterocycles. The molecule has 7 heteroatoms. The zero-order valence-electron chi connectivity index (χ0n) is 12.1. The first-order valence-electron chi connectivity index (χ1n) is 6.98. The maximum absolute atomic E-state index is 11.5. The molecule has 0 saturated carbocycles. The predicted octanol–water partition coefficient (Wildman–Crippen LogP) is 1.15. The molecule has 1 heterocycles. The van der Waals surface area contributed by atoms with Gasteiger partial charge in [0.15, 0.2) is 0 Å². The summed E-state index contributed by atoms with van der Waals surface area (Å²) in [7, 11) is 0. The summed E-state index contributed by atoms with van der Waals surface area (Å²) in [5, 5.41) is 3.55. The fourth-order valence-corrected chi connectivity index (χ4v) is 2.70. The molecule has 1 amide bonds. The SMILES string of the molecule is CCN1CCOC(CNc2c(Cl)cc(N)cc2C(N)=O)C1. The van der Waals surface area contributed by atoms with Crippen molar-refractivity contribution >= 4 is 28.9 Å². The van der Waals surface area contributed by atoms with Gasteiger partial charge in [-0.2, -0.15) is 0 Å². The number of halogens is 1. The lowest BCUT2D eigenvalue weighted by Crippen LogP contribution is -2.45. The molecule has 1 aliphatic heterocycles. The van der Waals surface area contributed by atoms with Crippen molar-refractivity contribution in [1.29, 1.82) is 0 Å². The third kappa shape index (κ3) is 4.00. The molecule has 2 rings (SSSR count). The van der Waals surface area contributed by atoms with Gasteiger partial charge in [0.25, 0.3) is 5.91 Å². The summed E-state index contributed by atoms with van der Waals surface area (Å²) in [6.07, 6.45) is 0.0491. The molecule has 1 aromatic rings. The molecule has 21 heavy (non-hydrogen) atoms. The summed E-state index contributed by atoms with van der Waals surface area (Å²) in [5.41, 5.74) is 12.3. The van der Waals surface area contributed by atoms with Crippen LogP contribution in [0.15, 0.2) is 12.1 Å². The quantitative estimate of drug-likeness (QED) is 0.709. The number of anilines is 2. The van der Waals surface area contributed by atoms with E-state index < -0.39 is 5.91 Å². The molecule has 0 bridgehead atoms. The number of carbonyl (C=O) groups excluding carboxylic acids is 1. The van der Waals surface area contributed by atoms with Gasteiger partial charge in [-0.15, -0.1) is 0 Å². The number of nitrogens with one attached hydrogen (secondary N) is 1. The van der Waals surface area contributed by atoms with Gasteiger partial charge in [0.1, 0.15) is 0 Å². The second kappa shape index (κ2) is 6.98. The number of hydrogen-bond acceptors (Lipinski definition) is 5. The highest BCUT2D eigenvalue weighted by Crippen LogP contribution is 2.29. The van der Waals surface area contributed by atoms with Crippen molar-refractivity contribution in [2.75, 3.05) is 43.8 Å². The van der Waals surface area contributed by atoms with Gasteiger partial charge in [0.2, 0.25) is 0 Å². The minimum absolute atomic E-state index is 0.0491. The van der Waals surface area contributed by atoms with E-state index in [9.17, 15) is 4.79 Å². The number of nitrogens with two attached hydrogens (primary N) is 2. The summed E-state index contributed by atoms with van der Waals surface area (Å²) in [6.45, 7) is 6.18. The number of amides is 1. The lowest BCUT2D eigenvalue weighted by Gasteiger charge is -2.32. The molecule has 0 radical (unpaired) electrons. The van der Waals surface area contributed by atoms with E-state index in [1.54, 1.807) is 6.07 Å². The summed E-state index contributed by atoms with van der Waals surface area (Å²) in [4.78, 5) is 13.8. The van der Waals surface area contributed by atoms with Crippen LogP contribution in [0.1, 0.15) is 17.3 Å². The summed E-state index contributed by atoms with van der Waals surface area (Å²) in [5.74, 6) is -0.563. The molecule has 0 aliphatic carbocycles. The van der Waals surface area contributed by atoms with E-state index >= 15 is 0 Å². The molecule has 1 unspecified atom stereocenters. The fraction of sp³-hybridized carbons (Fsp3) is 0.500. The summed E-state index contributed by atoms with van der Waals surface area (Å²) in [6, 6.07) is 3.12. The van der Waals surface area contributed by atoms with E-state index in [1.807, 2.05) is 0 Å². The molecule has 1 atom stereocenters. The minimum Gasteiger partial charge on any atom is -0.399 e.